The van der Waals surface area contributed by atoms with Crippen LogP contribution >= 0.6 is 46.0 Å². The second kappa shape index (κ2) is 6.82. The molecule has 3 aromatic rings. The summed E-state index contributed by atoms with van der Waals surface area (Å²) in [5.74, 6) is -0.0317. The lowest BCUT2D eigenvalue weighted by molar-refractivity contribution is -0.123. The molecule has 5 nitrogen and oxygen atoms in total. The number of imide groups is 1. The minimum Gasteiger partial charge on any atom is -0.307 e. The van der Waals surface area contributed by atoms with Gasteiger partial charge in [0.25, 0.3) is 0 Å². The summed E-state index contributed by atoms with van der Waals surface area (Å²) in [7, 11) is 0. The van der Waals surface area contributed by atoms with Crippen molar-refractivity contribution < 1.29 is 9.59 Å². The average molecular weight is 501 g/mol. The van der Waals surface area contributed by atoms with E-state index in [-0.39, 0.29) is 57.4 Å². The number of thiazole rings is 1. The number of thiophene rings is 1. The number of amides is 2. The van der Waals surface area contributed by atoms with Crippen molar-refractivity contribution >= 4 is 63.5 Å². The molecular formula is C23H17ClN2O3S3. The van der Waals surface area contributed by atoms with Crippen LogP contribution in [0.4, 0.5) is 5.69 Å². The number of H-pyrrole nitrogens is 1. The van der Waals surface area contributed by atoms with Crippen molar-refractivity contribution in [3.05, 3.63) is 66.2 Å². The van der Waals surface area contributed by atoms with E-state index in [9.17, 15) is 14.4 Å². The van der Waals surface area contributed by atoms with Gasteiger partial charge in [-0.15, -0.1) is 23.1 Å². The van der Waals surface area contributed by atoms with Crippen LogP contribution in [-0.4, -0.2) is 22.0 Å². The second-order valence-corrected chi connectivity index (χ2v) is 12.6. The predicted octanol–water partition coefficient (Wildman–Crippen LogP) is 4.83. The highest BCUT2D eigenvalue weighted by Crippen LogP contribution is 2.68. The van der Waals surface area contributed by atoms with Gasteiger partial charge in [0.05, 0.1) is 22.5 Å². The number of fused-ring (bicyclic) bond motifs is 9. The van der Waals surface area contributed by atoms with Gasteiger partial charge in [-0.05, 0) is 59.9 Å². The maximum absolute atomic E-state index is 13.6. The van der Waals surface area contributed by atoms with Crippen molar-refractivity contribution in [2.45, 2.75) is 22.6 Å². The summed E-state index contributed by atoms with van der Waals surface area (Å²) in [5, 5.41) is 3.83. The third-order valence-electron chi connectivity index (χ3n) is 7.66. The van der Waals surface area contributed by atoms with Gasteiger partial charge in [-0.2, -0.15) is 0 Å². The Morgan fingerprint density at radius 2 is 1.75 bits per heavy atom. The summed E-state index contributed by atoms with van der Waals surface area (Å²) in [5.41, 5.74) is 0.604. The van der Waals surface area contributed by atoms with Crippen LogP contribution < -0.4 is 9.77 Å². The Balaban J connectivity index is 1.32. The van der Waals surface area contributed by atoms with Crippen molar-refractivity contribution in [3.63, 3.8) is 0 Å². The van der Waals surface area contributed by atoms with Gasteiger partial charge in [0.2, 0.25) is 11.8 Å². The Morgan fingerprint density at radius 3 is 2.47 bits per heavy atom. The van der Waals surface area contributed by atoms with E-state index in [1.54, 1.807) is 47.4 Å². The topological polar surface area (TPSA) is 70.2 Å². The molecule has 1 saturated heterocycles. The molecule has 1 N–H and O–H groups in total. The zero-order valence-electron chi connectivity index (χ0n) is 16.6. The van der Waals surface area contributed by atoms with Crippen molar-refractivity contribution in [1.82, 2.24) is 4.98 Å². The van der Waals surface area contributed by atoms with E-state index in [0.717, 1.165) is 16.3 Å². The van der Waals surface area contributed by atoms with Gasteiger partial charge < -0.3 is 4.98 Å². The van der Waals surface area contributed by atoms with Gasteiger partial charge in [-0.25, -0.2) is 0 Å². The number of carbonyl (C=O) groups excluding carboxylic acids is 2. The summed E-state index contributed by atoms with van der Waals surface area (Å²) in [4.78, 5) is 46.1. The third kappa shape index (κ3) is 2.49. The first-order valence-electron chi connectivity index (χ1n) is 10.6. The van der Waals surface area contributed by atoms with Gasteiger partial charge in [0, 0.05) is 25.9 Å². The Labute approximate surface area is 200 Å². The molecule has 1 aromatic carbocycles. The summed E-state index contributed by atoms with van der Waals surface area (Å²) in [6.07, 6.45) is 0.907. The molecule has 2 bridgehead atoms. The Bertz CT molecular complexity index is 1310. The summed E-state index contributed by atoms with van der Waals surface area (Å²) >= 11 is 10.8. The number of halogens is 1. The van der Waals surface area contributed by atoms with Crippen LogP contribution in [0.5, 0.6) is 0 Å². The predicted molar refractivity (Wildman–Crippen MR) is 127 cm³/mol. The number of nitrogens with zero attached hydrogens (tertiary/aromatic N) is 1. The molecule has 7 atom stereocenters. The highest BCUT2D eigenvalue weighted by Gasteiger charge is 2.69. The number of aromatic amines is 1. The van der Waals surface area contributed by atoms with E-state index in [0.29, 0.717) is 10.7 Å². The molecule has 32 heavy (non-hydrogen) atoms. The zero-order chi connectivity index (χ0) is 21.7. The third-order valence-corrected chi connectivity index (χ3v) is 11.5. The maximum Gasteiger partial charge on any atom is 0.305 e. The zero-order valence-corrected chi connectivity index (χ0v) is 19.8. The number of benzene rings is 1. The van der Waals surface area contributed by atoms with E-state index in [4.69, 9.17) is 11.6 Å². The molecule has 3 fully saturated rings. The molecule has 2 aliphatic carbocycles. The lowest BCUT2D eigenvalue weighted by Gasteiger charge is -2.42. The lowest BCUT2D eigenvalue weighted by atomic mass is 9.69. The van der Waals surface area contributed by atoms with Crippen molar-refractivity contribution in [3.8, 4) is 0 Å². The monoisotopic (exact) mass is 500 g/mol. The molecule has 0 unspecified atom stereocenters. The summed E-state index contributed by atoms with van der Waals surface area (Å²) in [6, 6.07) is 11.1. The lowest BCUT2D eigenvalue weighted by Crippen LogP contribution is -2.42. The van der Waals surface area contributed by atoms with E-state index in [1.165, 1.54) is 21.1 Å². The van der Waals surface area contributed by atoms with E-state index in [1.807, 2.05) is 6.07 Å². The number of aromatic nitrogens is 1. The fraction of sp³-hybridized carbons (Fsp3) is 0.348. The van der Waals surface area contributed by atoms with E-state index in [2.05, 4.69) is 16.4 Å². The molecule has 9 heteroatoms. The summed E-state index contributed by atoms with van der Waals surface area (Å²) < 4.78 is 0. The number of nitrogens with one attached hydrogen (secondary N) is 1. The molecule has 2 amide bonds. The van der Waals surface area contributed by atoms with Crippen LogP contribution in [0.2, 0.25) is 5.02 Å². The highest BCUT2D eigenvalue weighted by molar-refractivity contribution is 8.00. The van der Waals surface area contributed by atoms with Crippen LogP contribution in [0.1, 0.15) is 22.1 Å². The fourth-order valence-electron chi connectivity index (χ4n) is 6.65. The smallest absolute Gasteiger partial charge is 0.305 e. The molecule has 4 aliphatic rings. The Morgan fingerprint density at radius 1 is 1.00 bits per heavy atom. The van der Waals surface area contributed by atoms with Gasteiger partial charge in [-0.3, -0.25) is 19.3 Å². The van der Waals surface area contributed by atoms with Crippen molar-refractivity contribution in [2.75, 3.05) is 4.90 Å². The molecule has 7 rings (SSSR count). The minimum atomic E-state index is -0.273. The normalized spacial score (nSPS) is 34.7. The first kappa shape index (κ1) is 19.6. The summed E-state index contributed by atoms with van der Waals surface area (Å²) in [6.45, 7) is 0. The number of rotatable bonds is 2. The van der Waals surface area contributed by atoms with Crippen LogP contribution in [0.3, 0.4) is 0 Å². The van der Waals surface area contributed by atoms with Crippen molar-refractivity contribution in [1.29, 1.82) is 0 Å². The first-order valence-corrected chi connectivity index (χ1v) is 13.5. The van der Waals surface area contributed by atoms with Gasteiger partial charge in [0.15, 0.2) is 0 Å². The number of hydrogen-bond donors (Lipinski definition) is 1. The van der Waals surface area contributed by atoms with Crippen LogP contribution in [-0.2, 0) is 9.59 Å². The van der Waals surface area contributed by atoms with Crippen LogP contribution in [0, 0.1) is 29.6 Å². The number of thioether (sulfide) groups is 1. The van der Waals surface area contributed by atoms with Crippen LogP contribution in [0.25, 0.3) is 0 Å². The molecule has 2 aliphatic heterocycles. The average Bonchev–Trinajstić information content (AvgIpc) is 3.57. The minimum absolute atomic E-state index is 0.0300. The second-order valence-electron chi connectivity index (χ2n) is 8.96. The number of hydrogen-bond acceptors (Lipinski definition) is 6. The molecule has 2 saturated carbocycles. The van der Waals surface area contributed by atoms with Gasteiger partial charge in [-0.1, -0.05) is 29.0 Å². The molecule has 0 spiro atoms. The fourth-order valence-corrected chi connectivity index (χ4v) is 10.6. The molecule has 0 radical (unpaired) electrons. The van der Waals surface area contributed by atoms with E-state index >= 15 is 0 Å². The standard InChI is InChI=1S/C23H17ClN2O3S3/c24-9-3-5-10(6-4-9)26-21(27)15-11-8-12(16(15)22(26)28)18-14(11)17(13-2-1-7-30-13)19-20(31-18)25-23(29)32-19/h1-7,11-12,14-18H,8H2,(H,25,29)/t11-,12+,14+,15+,16+,17+,18-/m0/s1. The van der Waals surface area contributed by atoms with Gasteiger partial charge in [0.1, 0.15) is 0 Å². The molecule has 2 aromatic heterocycles. The van der Waals surface area contributed by atoms with Crippen LogP contribution in [0.15, 0.2) is 51.6 Å². The largest absolute Gasteiger partial charge is 0.307 e. The Kier molecular flexibility index (Phi) is 4.18. The SMILES string of the molecule is O=C1[C@@H]2[C@H]3C[C@@H]([C@@H]4Sc5[nH]c(=O)sc5[C@H](c5cccs5)[C@@H]34)[C@H]2C(=O)N1c1ccc(Cl)cc1. The highest BCUT2D eigenvalue weighted by atomic mass is 35.5. The van der Waals surface area contributed by atoms with E-state index < -0.39 is 0 Å². The number of carbonyl (C=O) groups is 2. The molecule has 162 valence electrons. The molecule has 4 heterocycles. The number of anilines is 1. The quantitative estimate of drug-likeness (QED) is 0.512. The molecular weight excluding hydrogens is 484 g/mol. The van der Waals surface area contributed by atoms with Crippen molar-refractivity contribution in [2.24, 2.45) is 29.6 Å². The first-order chi connectivity index (χ1) is 15.5. The van der Waals surface area contributed by atoms with Gasteiger partial charge >= 0.3 is 4.87 Å². The maximum atomic E-state index is 13.6. The Hall–Kier alpha value is -1.87.